The number of aromatic amines is 1. The standard InChI is InChI=1S/C17H13N3/c1-2-8-16-13(5-1)11-17(19-16)20-10-4-7-15(20)12-14-6-3-9-18-14/h1-12,19H. The number of aliphatic imine (C=N–C) groups is 1. The monoisotopic (exact) mass is 259 g/mol. The average molecular weight is 259 g/mol. The van der Waals surface area contributed by atoms with Gasteiger partial charge >= 0.3 is 0 Å². The van der Waals surface area contributed by atoms with Crippen molar-refractivity contribution in [3.63, 3.8) is 0 Å². The maximum Gasteiger partial charge on any atom is 0.115 e. The maximum absolute atomic E-state index is 4.29. The van der Waals surface area contributed by atoms with Gasteiger partial charge in [-0.15, -0.1) is 0 Å². The Kier molecular flexibility index (Phi) is 2.42. The second kappa shape index (κ2) is 4.38. The average Bonchev–Trinajstić information content (AvgIpc) is 3.18. The van der Waals surface area contributed by atoms with Crippen LogP contribution in [0.2, 0.25) is 0 Å². The molecule has 1 aliphatic heterocycles. The highest BCUT2D eigenvalue weighted by Crippen LogP contribution is 2.21. The van der Waals surface area contributed by atoms with Gasteiger partial charge in [0.25, 0.3) is 0 Å². The number of hydrogen-bond donors (Lipinski definition) is 1. The zero-order valence-electron chi connectivity index (χ0n) is 10.8. The van der Waals surface area contributed by atoms with Gasteiger partial charge in [0, 0.05) is 29.0 Å². The number of nitrogens with one attached hydrogen (secondary N) is 1. The molecule has 0 atom stereocenters. The Labute approximate surface area is 116 Å². The Hall–Kier alpha value is -2.81. The van der Waals surface area contributed by atoms with Gasteiger partial charge in [-0.2, -0.15) is 0 Å². The fraction of sp³-hybridized carbons (Fsp3) is 0. The van der Waals surface area contributed by atoms with Gasteiger partial charge in [0.2, 0.25) is 0 Å². The highest BCUT2D eigenvalue weighted by molar-refractivity contribution is 5.82. The van der Waals surface area contributed by atoms with Crippen LogP contribution in [0, 0.1) is 0 Å². The lowest BCUT2D eigenvalue weighted by molar-refractivity contribution is 1.02. The Bertz CT molecular complexity index is 812. The van der Waals surface area contributed by atoms with Crippen molar-refractivity contribution in [3.05, 3.63) is 72.2 Å². The van der Waals surface area contributed by atoms with Crippen LogP contribution in [-0.2, 0) is 0 Å². The SMILES string of the molecule is C1=CC(=Cc2cccn2-c2cc3ccccc3[nH]2)N=C1. The molecule has 0 saturated carbocycles. The molecule has 1 aromatic carbocycles. The highest BCUT2D eigenvalue weighted by Gasteiger charge is 2.06. The van der Waals surface area contributed by atoms with Crippen molar-refractivity contribution in [2.75, 3.05) is 0 Å². The summed E-state index contributed by atoms with van der Waals surface area (Å²) in [5.41, 5.74) is 3.23. The van der Waals surface area contributed by atoms with E-state index in [2.05, 4.69) is 57.1 Å². The fourth-order valence-corrected chi connectivity index (χ4v) is 2.47. The molecule has 3 nitrogen and oxygen atoms in total. The summed E-state index contributed by atoms with van der Waals surface area (Å²) in [6, 6.07) is 14.6. The Morgan fingerprint density at radius 3 is 2.90 bits per heavy atom. The summed E-state index contributed by atoms with van der Waals surface area (Å²) in [4.78, 5) is 7.73. The summed E-state index contributed by atoms with van der Waals surface area (Å²) in [5, 5.41) is 1.22. The molecule has 0 saturated heterocycles. The molecule has 0 radical (unpaired) electrons. The third-order valence-electron chi connectivity index (χ3n) is 3.43. The predicted molar refractivity (Wildman–Crippen MR) is 83.2 cm³/mol. The van der Waals surface area contributed by atoms with E-state index >= 15 is 0 Å². The number of H-pyrrole nitrogens is 1. The molecule has 3 heterocycles. The number of benzene rings is 1. The Balaban J connectivity index is 1.82. The molecule has 0 amide bonds. The van der Waals surface area contributed by atoms with Crippen molar-refractivity contribution < 1.29 is 0 Å². The first-order chi connectivity index (χ1) is 9.90. The summed E-state index contributed by atoms with van der Waals surface area (Å²) in [6.45, 7) is 0. The predicted octanol–water partition coefficient (Wildman–Crippen LogP) is 3.94. The van der Waals surface area contributed by atoms with Crippen LogP contribution < -0.4 is 0 Å². The molecule has 20 heavy (non-hydrogen) atoms. The van der Waals surface area contributed by atoms with Crippen molar-refractivity contribution in [2.24, 2.45) is 4.99 Å². The second-order valence-corrected chi connectivity index (χ2v) is 4.75. The first kappa shape index (κ1) is 11.1. The number of hydrogen-bond acceptors (Lipinski definition) is 1. The molecule has 0 fully saturated rings. The molecule has 0 bridgehead atoms. The minimum atomic E-state index is 0.973. The number of aromatic nitrogens is 2. The van der Waals surface area contributed by atoms with E-state index in [1.54, 1.807) is 0 Å². The van der Waals surface area contributed by atoms with Crippen LogP contribution >= 0.6 is 0 Å². The Morgan fingerprint density at radius 1 is 1.10 bits per heavy atom. The largest absolute Gasteiger partial charge is 0.341 e. The molecule has 3 heteroatoms. The molecule has 0 unspecified atom stereocenters. The van der Waals surface area contributed by atoms with Crippen LogP contribution in [0.5, 0.6) is 0 Å². The molecule has 0 spiro atoms. The van der Waals surface area contributed by atoms with E-state index in [1.165, 1.54) is 5.39 Å². The van der Waals surface area contributed by atoms with E-state index < -0.39 is 0 Å². The van der Waals surface area contributed by atoms with Crippen LogP contribution in [0.25, 0.3) is 22.8 Å². The topological polar surface area (TPSA) is 33.1 Å². The number of fused-ring (bicyclic) bond motifs is 1. The fourth-order valence-electron chi connectivity index (χ4n) is 2.47. The maximum atomic E-state index is 4.29. The van der Waals surface area contributed by atoms with E-state index in [-0.39, 0.29) is 0 Å². The van der Waals surface area contributed by atoms with Crippen LogP contribution in [0.1, 0.15) is 5.69 Å². The van der Waals surface area contributed by atoms with Crippen molar-refractivity contribution in [3.8, 4) is 5.82 Å². The molecule has 96 valence electrons. The van der Waals surface area contributed by atoms with Crippen LogP contribution in [0.15, 0.2) is 71.5 Å². The molecule has 0 aliphatic carbocycles. The van der Waals surface area contributed by atoms with Gasteiger partial charge in [0.05, 0.1) is 5.70 Å². The van der Waals surface area contributed by atoms with Crippen LogP contribution in [0.4, 0.5) is 0 Å². The molecular formula is C17H13N3. The second-order valence-electron chi connectivity index (χ2n) is 4.75. The molecule has 3 aromatic rings. The van der Waals surface area contributed by atoms with Gasteiger partial charge in [-0.25, -0.2) is 0 Å². The smallest absolute Gasteiger partial charge is 0.115 e. The quantitative estimate of drug-likeness (QED) is 0.723. The van der Waals surface area contributed by atoms with Crippen molar-refractivity contribution in [1.82, 2.24) is 9.55 Å². The summed E-state index contributed by atoms with van der Waals surface area (Å²) >= 11 is 0. The van der Waals surface area contributed by atoms with E-state index in [0.29, 0.717) is 0 Å². The van der Waals surface area contributed by atoms with E-state index in [9.17, 15) is 0 Å². The lowest BCUT2D eigenvalue weighted by atomic mass is 10.2. The van der Waals surface area contributed by atoms with Crippen molar-refractivity contribution >= 4 is 23.2 Å². The van der Waals surface area contributed by atoms with Gasteiger partial charge in [0.1, 0.15) is 5.82 Å². The third-order valence-corrected chi connectivity index (χ3v) is 3.43. The van der Waals surface area contributed by atoms with Crippen molar-refractivity contribution in [1.29, 1.82) is 0 Å². The minimum absolute atomic E-state index is 0.973. The van der Waals surface area contributed by atoms with Crippen LogP contribution in [0.3, 0.4) is 0 Å². The zero-order valence-corrected chi connectivity index (χ0v) is 10.8. The lowest BCUT2D eigenvalue weighted by Crippen LogP contribution is -1.94. The van der Waals surface area contributed by atoms with Gasteiger partial charge in [-0.3, -0.25) is 4.99 Å². The summed E-state index contributed by atoms with van der Waals surface area (Å²) in [6.07, 6.45) is 9.89. The molecule has 1 aliphatic rings. The van der Waals surface area contributed by atoms with E-state index in [0.717, 1.165) is 22.7 Å². The Morgan fingerprint density at radius 2 is 2.05 bits per heavy atom. The van der Waals surface area contributed by atoms with E-state index in [4.69, 9.17) is 0 Å². The lowest BCUT2D eigenvalue weighted by Gasteiger charge is -2.03. The summed E-state index contributed by atoms with van der Waals surface area (Å²) < 4.78 is 2.13. The van der Waals surface area contributed by atoms with Gasteiger partial charge in [0.15, 0.2) is 0 Å². The summed E-state index contributed by atoms with van der Waals surface area (Å²) in [7, 11) is 0. The molecular weight excluding hydrogens is 246 g/mol. The normalized spacial score (nSPS) is 15.7. The van der Waals surface area contributed by atoms with Crippen LogP contribution in [-0.4, -0.2) is 15.8 Å². The number of para-hydroxylation sites is 1. The van der Waals surface area contributed by atoms with Gasteiger partial charge in [-0.05, 0) is 42.5 Å². The number of allylic oxidation sites excluding steroid dienone is 2. The van der Waals surface area contributed by atoms with Gasteiger partial charge in [-0.1, -0.05) is 18.2 Å². The summed E-state index contributed by atoms with van der Waals surface area (Å²) in [5.74, 6) is 1.06. The first-order valence-electron chi connectivity index (χ1n) is 6.58. The molecule has 4 rings (SSSR count). The minimum Gasteiger partial charge on any atom is -0.341 e. The number of rotatable bonds is 2. The third kappa shape index (κ3) is 1.80. The zero-order chi connectivity index (χ0) is 13.4. The molecule has 2 aromatic heterocycles. The highest BCUT2D eigenvalue weighted by atomic mass is 15.1. The first-order valence-corrected chi connectivity index (χ1v) is 6.58. The molecule has 1 N–H and O–H groups in total. The number of nitrogens with zero attached hydrogens (tertiary/aromatic N) is 2. The van der Waals surface area contributed by atoms with Crippen molar-refractivity contribution in [2.45, 2.75) is 0 Å². The van der Waals surface area contributed by atoms with E-state index in [1.807, 2.05) is 30.5 Å². The van der Waals surface area contributed by atoms with Gasteiger partial charge < -0.3 is 9.55 Å².